The van der Waals surface area contributed by atoms with Crippen LogP contribution in [0, 0.1) is 5.92 Å². The summed E-state index contributed by atoms with van der Waals surface area (Å²) < 4.78 is 40.9. The molecule has 1 fully saturated rings. The van der Waals surface area contributed by atoms with E-state index in [2.05, 4.69) is 4.98 Å². The molecule has 4 rings (SSSR count). The van der Waals surface area contributed by atoms with Gasteiger partial charge in [0.2, 0.25) is 0 Å². The number of rotatable bonds is 4. The Bertz CT molecular complexity index is 1000. The van der Waals surface area contributed by atoms with E-state index in [-0.39, 0.29) is 6.54 Å². The highest BCUT2D eigenvalue weighted by molar-refractivity contribution is 7.18. The number of carboxylic acids is 1. The van der Waals surface area contributed by atoms with Gasteiger partial charge in [0.05, 0.1) is 27.7 Å². The molecule has 0 bridgehead atoms. The molecule has 2 unspecified atom stereocenters. The van der Waals surface area contributed by atoms with Crippen molar-refractivity contribution in [2.75, 3.05) is 13.1 Å². The Kier molecular flexibility index (Phi) is 5.31. The third-order valence-electron chi connectivity index (χ3n) is 5.24. The van der Waals surface area contributed by atoms with Gasteiger partial charge in [-0.2, -0.15) is 13.2 Å². The van der Waals surface area contributed by atoms with Gasteiger partial charge in [-0.3, -0.25) is 9.69 Å². The minimum Gasteiger partial charge on any atom is -0.481 e. The van der Waals surface area contributed by atoms with E-state index >= 15 is 0 Å². The van der Waals surface area contributed by atoms with Gasteiger partial charge < -0.3 is 5.11 Å². The molecule has 2 atom stereocenters. The second-order valence-corrected chi connectivity index (χ2v) is 8.28. The van der Waals surface area contributed by atoms with Crippen molar-refractivity contribution in [2.45, 2.75) is 25.1 Å². The van der Waals surface area contributed by atoms with Crippen molar-refractivity contribution in [1.82, 2.24) is 9.88 Å². The number of likely N-dealkylation sites (tertiary alicyclic amines) is 1. The molecule has 2 heterocycles. The Labute approximate surface area is 169 Å². The highest BCUT2D eigenvalue weighted by atomic mass is 32.1. The van der Waals surface area contributed by atoms with Gasteiger partial charge in [0, 0.05) is 6.54 Å². The number of aromatic nitrogens is 1. The lowest BCUT2D eigenvalue weighted by molar-refractivity contribution is -0.143. The van der Waals surface area contributed by atoms with E-state index in [1.165, 1.54) is 17.4 Å². The van der Waals surface area contributed by atoms with E-state index in [0.29, 0.717) is 30.0 Å². The molecule has 1 aliphatic heterocycles. The second-order valence-electron chi connectivity index (χ2n) is 7.22. The third-order valence-corrected chi connectivity index (χ3v) is 6.33. The van der Waals surface area contributed by atoms with Gasteiger partial charge in [-0.1, -0.05) is 24.3 Å². The molecular formula is C21H19F3N2O2S. The molecule has 0 amide bonds. The summed E-state index contributed by atoms with van der Waals surface area (Å²) in [5.41, 5.74) is 0.550. The van der Waals surface area contributed by atoms with Gasteiger partial charge >= 0.3 is 12.1 Å². The van der Waals surface area contributed by atoms with Gasteiger partial charge in [0.25, 0.3) is 0 Å². The summed E-state index contributed by atoms with van der Waals surface area (Å²) in [4.78, 5) is 18.2. The van der Waals surface area contributed by atoms with Crippen molar-refractivity contribution in [1.29, 1.82) is 0 Å². The molecule has 0 aliphatic carbocycles. The van der Waals surface area contributed by atoms with Crippen LogP contribution in [0.5, 0.6) is 0 Å². The SMILES string of the molecule is O=C(O)C1CCCN(C(c2cccc(C(F)(F)F)c2)c2nc3ccccc3s2)C1. The van der Waals surface area contributed by atoms with E-state index in [9.17, 15) is 23.1 Å². The number of fused-ring (bicyclic) bond motifs is 1. The van der Waals surface area contributed by atoms with Crippen LogP contribution in [0.4, 0.5) is 13.2 Å². The van der Waals surface area contributed by atoms with Crippen LogP contribution in [0.1, 0.15) is 35.0 Å². The minimum atomic E-state index is -4.44. The first kappa shape index (κ1) is 19.8. The summed E-state index contributed by atoms with van der Waals surface area (Å²) in [5, 5.41) is 10.1. The molecule has 1 N–H and O–H groups in total. The number of aliphatic carboxylic acids is 1. The average Bonchev–Trinajstić information content (AvgIpc) is 3.11. The summed E-state index contributed by atoms with van der Waals surface area (Å²) in [6.45, 7) is 0.896. The van der Waals surface area contributed by atoms with E-state index in [1.807, 2.05) is 29.2 Å². The minimum absolute atomic E-state index is 0.284. The van der Waals surface area contributed by atoms with Crippen LogP contribution in [0.25, 0.3) is 10.2 Å². The van der Waals surface area contributed by atoms with Crippen molar-refractivity contribution in [3.63, 3.8) is 0 Å². The maximum Gasteiger partial charge on any atom is 0.416 e. The van der Waals surface area contributed by atoms with Crippen molar-refractivity contribution >= 4 is 27.5 Å². The molecule has 3 aromatic rings. The number of thiazole rings is 1. The zero-order valence-electron chi connectivity index (χ0n) is 15.4. The molecule has 29 heavy (non-hydrogen) atoms. The fourth-order valence-corrected chi connectivity index (χ4v) is 4.98. The molecule has 1 aliphatic rings. The maximum atomic E-state index is 13.3. The number of alkyl halides is 3. The van der Waals surface area contributed by atoms with Crippen LogP contribution in [0.15, 0.2) is 48.5 Å². The number of nitrogens with zero attached hydrogens (tertiary/aromatic N) is 2. The first-order chi connectivity index (χ1) is 13.8. The molecule has 0 spiro atoms. The van der Waals surface area contributed by atoms with Gasteiger partial charge in [0.1, 0.15) is 5.01 Å². The number of piperidine rings is 1. The number of halogens is 3. The fraction of sp³-hybridized carbons (Fsp3) is 0.333. The molecule has 8 heteroatoms. The van der Waals surface area contributed by atoms with Gasteiger partial charge in [-0.05, 0) is 49.2 Å². The lowest BCUT2D eigenvalue weighted by Crippen LogP contribution is -2.41. The monoisotopic (exact) mass is 420 g/mol. The molecule has 0 saturated carbocycles. The van der Waals surface area contributed by atoms with Gasteiger partial charge in [-0.25, -0.2) is 4.98 Å². The zero-order chi connectivity index (χ0) is 20.6. The molecule has 4 nitrogen and oxygen atoms in total. The lowest BCUT2D eigenvalue weighted by atomic mass is 9.94. The lowest BCUT2D eigenvalue weighted by Gasteiger charge is -2.36. The van der Waals surface area contributed by atoms with E-state index in [0.717, 1.165) is 22.3 Å². The van der Waals surface area contributed by atoms with Crippen LogP contribution >= 0.6 is 11.3 Å². The summed E-state index contributed by atoms with van der Waals surface area (Å²) >= 11 is 1.44. The Morgan fingerprint density at radius 1 is 1.21 bits per heavy atom. The van der Waals surface area contributed by atoms with Crippen LogP contribution in [0.2, 0.25) is 0 Å². The van der Waals surface area contributed by atoms with Gasteiger partial charge in [0.15, 0.2) is 0 Å². The number of carbonyl (C=O) groups is 1. The molecule has 0 radical (unpaired) electrons. The molecular weight excluding hydrogens is 401 g/mol. The van der Waals surface area contributed by atoms with Crippen LogP contribution in [-0.2, 0) is 11.0 Å². The number of hydrogen-bond donors (Lipinski definition) is 1. The molecule has 2 aromatic carbocycles. The first-order valence-corrected chi connectivity index (χ1v) is 10.1. The zero-order valence-corrected chi connectivity index (χ0v) is 16.2. The van der Waals surface area contributed by atoms with E-state index in [1.54, 1.807) is 6.07 Å². The predicted molar refractivity (Wildman–Crippen MR) is 105 cm³/mol. The Morgan fingerprint density at radius 2 is 2.00 bits per heavy atom. The van der Waals surface area contributed by atoms with Gasteiger partial charge in [-0.15, -0.1) is 11.3 Å². The van der Waals surface area contributed by atoms with Crippen molar-refractivity contribution in [3.8, 4) is 0 Å². The second kappa shape index (κ2) is 7.76. The normalized spacial score (nSPS) is 19.3. The Hall–Kier alpha value is -2.45. The van der Waals surface area contributed by atoms with E-state index in [4.69, 9.17) is 0 Å². The quantitative estimate of drug-likeness (QED) is 0.630. The predicted octanol–water partition coefficient (Wildman–Crippen LogP) is 5.20. The Balaban J connectivity index is 1.80. The largest absolute Gasteiger partial charge is 0.481 e. The summed E-state index contributed by atoms with van der Waals surface area (Å²) in [5.74, 6) is -1.41. The highest BCUT2D eigenvalue weighted by Gasteiger charge is 2.35. The molecule has 152 valence electrons. The maximum absolute atomic E-state index is 13.3. The number of para-hydroxylation sites is 1. The van der Waals surface area contributed by atoms with Crippen molar-refractivity contribution in [2.24, 2.45) is 5.92 Å². The third kappa shape index (κ3) is 4.13. The number of benzene rings is 2. The number of hydrogen-bond acceptors (Lipinski definition) is 4. The van der Waals surface area contributed by atoms with Crippen molar-refractivity contribution in [3.05, 3.63) is 64.7 Å². The topological polar surface area (TPSA) is 53.4 Å². The van der Waals surface area contributed by atoms with Crippen LogP contribution in [-0.4, -0.2) is 34.0 Å². The van der Waals surface area contributed by atoms with Crippen molar-refractivity contribution < 1.29 is 23.1 Å². The highest BCUT2D eigenvalue weighted by Crippen LogP contribution is 2.38. The Morgan fingerprint density at radius 3 is 2.72 bits per heavy atom. The fourth-order valence-electron chi connectivity index (χ4n) is 3.84. The standard InChI is InChI=1S/C21H19F3N2O2S/c22-21(23,24)15-7-3-5-13(11-15)18(26-10-4-6-14(12-26)20(27)28)19-25-16-8-1-2-9-17(16)29-19/h1-3,5,7-9,11,14,18H,4,6,10,12H2,(H,27,28). The summed E-state index contributed by atoms with van der Waals surface area (Å²) in [6, 6.07) is 12.3. The average molecular weight is 420 g/mol. The first-order valence-electron chi connectivity index (χ1n) is 9.32. The summed E-state index contributed by atoms with van der Waals surface area (Å²) in [7, 11) is 0. The van der Waals surface area contributed by atoms with E-state index < -0.39 is 29.7 Å². The summed E-state index contributed by atoms with van der Waals surface area (Å²) in [6.07, 6.45) is -3.20. The van der Waals surface area contributed by atoms with Crippen LogP contribution in [0.3, 0.4) is 0 Å². The molecule has 1 aromatic heterocycles. The molecule has 1 saturated heterocycles. The smallest absolute Gasteiger partial charge is 0.416 e. The number of carboxylic acid groups (broad SMARTS) is 1. The van der Waals surface area contributed by atoms with Crippen LogP contribution < -0.4 is 0 Å².